The summed E-state index contributed by atoms with van der Waals surface area (Å²) in [4.78, 5) is 24.5. The maximum absolute atomic E-state index is 12.5. The second-order valence-corrected chi connectivity index (χ2v) is 23.9. The molecule has 77 heavy (non-hydrogen) atoms. The van der Waals surface area contributed by atoms with Gasteiger partial charge in [-0.15, -0.1) is 0 Å². The topological polar surface area (TPSA) is 95.9 Å². The number of carbonyl (C=O) groups excluding carboxylic acids is 2. The first kappa shape index (κ1) is 75.1. The third-order valence-corrected chi connectivity index (χ3v) is 16.2. The van der Waals surface area contributed by atoms with E-state index in [-0.39, 0.29) is 18.5 Å². The minimum absolute atomic E-state index is 0.00437. The Balaban J connectivity index is 3.34. The highest BCUT2D eigenvalue weighted by Crippen LogP contribution is 2.18. The summed E-state index contributed by atoms with van der Waals surface area (Å²) in [5.41, 5.74) is 0. The summed E-state index contributed by atoms with van der Waals surface area (Å²) in [7, 11) is 0. The first-order valence-corrected chi connectivity index (χ1v) is 34.7. The maximum atomic E-state index is 12.5. The molecule has 0 heterocycles. The predicted molar refractivity (Wildman–Crippen MR) is 338 cm³/mol. The van der Waals surface area contributed by atoms with Gasteiger partial charge in [-0.25, -0.2) is 0 Å². The lowest BCUT2D eigenvalue weighted by Gasteiger charge is -2.22. The lowest BCUT2D eigenvalue weighted by atomic mass is 10.0. The van der Waals surface area contributed by atoms with Crippen LogP contribution in [0.25, 0.3) is 0 Å². The number of allylic oxidation sites excluding steroid dienone is 6. The molecule has 0 aromatic rings. The molecule has 6 heteroatoms. The van der Waals surface area contributed by atoms with Gasteiger partial charge in [-0.1, -0.05) is 320 Å². The number of aliphatic hydroxyl groups excluding tert-OH is 2. The molecule has 454 valence electrons. The lowest BCUT2D eigenvalue weighted by Crippen LogP contribution is -2.45. The molecule has 0 aliphatic carbocycles. The Bertz CT molecular complexity index is 1250. The van der Waals surface area contributed by atoms with Gasteiger partial charge >= 0.3 is 5.97 Å². The number of amides is 1. The standard InChI is InChI=1S/C71H135NO5/c1-3-5-7-9-11-13-15-17-36-41-45-49-53-57-61-65-71(76)77-66-62-58-54-50-46-42-38-35-33-31-29-27-25-23-21-19-18-20-22-24-26-28-30-32-34-37-40-44-48-52-56-60-64-70(75)72-68(67-73)69(74)63-59-55-51-47-43-39-16-14-12-10-8-6-4-2/h11,13,17,21,23,36,68-69,73-74H,3-10,12,14-16,18-20,22,24-35,37-67H2,1-2H3,(H,72,75)/b13-11-,23-21-,36-17-. The number of ether oxygens (including phenoxy) is 1. The van der Waals surface area contributed by atoms with Gasteiger partial charge in [0.1, 0.15) is 0 Å². The molecule has 2 unspecified atom stereocenters. The number of nitrogens with one attached hydrogen (secondary N) is 1. The number of rotatable bonds is 65. The molecule has 6 nitrogen and oxygen atoms in total. The minimum atomic E-state index is -0.662. The van der Waals surface area contributed by atoms with Crippen LogP contribution in [0.1, 0.15) is 380 Å². The van der Waals surface area contributed by atoms with E-state index in [4.69, 9.17) is 4.74 Å². The number of hydrogen-bond donors (Lipinski definition) is 3. The molecule has 0 radical (unpaired) electrons. The Labute approximate surface area is 481 Å². The summed E-state index contributed by atoms with van der Waals surface area (Å²) in [6.07, 6.45) is 84.8. The van der Waals surface area contributed by atoms with Crippen molar-refractivity contribution < 1.29 is 24.5 Å². The maximum Gasteiger partial charge on any atom is 0.305 e. The van der Waals surface area contributed by atoms with Crippen molar-refractivity contribution in [3.63, 3.8) is 0 Å². The Hall–Kier alpha value is -1.92. The van der Waals surface area contributed by atoms with Crippen molar-refractivity contribution in [3.8, 4) is 0 Å². The number of carbonyl (C=O) groups is 2. The molecule has 0 aromatic carbocycles. The zero-order chi connectivity index (χ0) is 55.7. The van der Waals surface area contributed by atoms with Crippen LogP contribution < -0.4 is 5.32 Å². The Morgan fingerprint density at radius 2 is 0.649 bits per heavy atom. The summed E-state index contributed by atoms with van der Waals surface area (Å²) in [6, 6.07) is -0.539. The van der Waals surface area contributed by atoms with Crippen molar-refractivity contribution in [2.45, 2.75) is 392 Å². The molecular weight excluding hydrogens is 947 g/mol. The van der Waals surface area contributed by atoms with Crippen molar-refractivity contribution in [1.29, 1.82) is 0 Å². The van der Waals surface area contributed by atoms with Crippen LogP contribution >= 0.6 is 0 Å². The first-order valence-electron chi connectivity index (χ1n) is 34.7. The summed E-state index contributed by atoms with van der Waals surface area (Å²) >= 11 is 0. The van der Waals surface area contributed by atoms with Crippen LogP contribution in [0, 0.1) is 0 Å². The highest BCUT2D eigenvalue weighted by atomic mass is 16.5. The molecule has 0 aliphatic rings. The van der Waals surface area contributed by atoms with Gasteiger partial charge in [0.25, 0.3) is 0 Å². The minimum Gasteiger partial charge on any atom is -0.466 e. The van der Waals surface area contributed by atoms with Crippen LogP contribution in [-0.2, 0) is 14.3 Å². The van der Waals surface area contributed by atoms with E-state index in [0.717, 1.165) is 51.4 Å². The van der Waals surface area contributed by atoms with Crippen molar-refractivity contribution in [2.24, 2.45) is 0 Å². The van der Waals surface area contributed by atoms with E-state index in [1.807, 2.05) is 0 Å². The van der Waals surface area contributed by atoms with E-state index < -0.39 is 12.1 Å². The Morgan fingerprint density at radius 3 is 1.03 bits per heavy atom. The lowest BCUT2D eigenvalue weighted by molar-refractivity contribution is -0.143. The summed E-state index contributed by atoms with van der Waals surface area (Å²) in [5.74, 6) is -0.0264. The number of aliphatic hydroxyl groups is 2. The predicted octanol–water partition coefficient (Wildman–Crippen LogP) is 22.3. The zero-order valence-corrected chi connectivity index (χ0v) is 52.0. The summed E-state index contributed by atoms with van der Waals surface area (Å²) in [5, 5.41) is 23.3. The second kappa shape index (κ2) is 66.6. The second-order valence-electron chi connectivity index (χ2n) is 23.9. The average molecular weight is 1080 g/mol. The largest absolute Gasteiger partial charge is 0.466 e. The van der Waals surface area contributed by atoms with E-state index in [1.54, 1.807) is 0 Å². The molecule has 0 aliphatic heterocycles. The highest BCUT2D eigenvalue weighted by molar-refractivity contribution is 5.76. The fourth-order valence-corrected chi connectivity index (χ4v) is 10.8. The molecular formula is C71H135NO5. The molecule has 0 fully saturated rings. The average Bonchev–Trinajstić information content (AvgIpc) is 3.43. The third kappa shape index (κ3) is 63.1. The monoisotopic (exact) mass is 1080 g/mol. The quantitative estimate of drug-likeness (QED) is 0.0320. The van der Waals surface area contributed by atoms with Gasteiger partial charge in [-0.3, -0.25) is 9.59 Å². The molecule has 0 rings (SSSR count). The van der Waals surface area contributed by atoms with E-state index >= 15 is 0 Å². The van der Waals surface area contributed by atoms with Crippen molar-refractivity contribution in [3.05, 3.63) is 36.5 Å². The van der Waals surface area contributed by atoms with Crippen LogP contribution in [0.3, 0.4) is 0 Å². The van der Waals surface area contributed by atoms with E-state index in [0.29, 0.717) is 25.9 Å². The van der Waals surface area contributed by atoms with Gasteiger partial charge in [-0.2, -0.15) is 0 Å². The number of hydrogen-bond acceptors (Lipinski definition) is 5. The van der Waals surface area contributed by atoms with Crippen LogP contribution in [0.2, 0.25) is 0 Å². The highest BCUT2D eigenvalue weighted by Gasteiger charge is 2.20. The van der Waals surface area contributed by atoms with Crippen molar-refractivity contribution in [1.82, 2.24) is 5.32 Å². The zero-order valence-electron chi connectivity index (χ0n) is 52.0. The van der Waals surface area contributed by atoms with Gasteiger partial charge in [-0.05, 0) is 83.5 Å². The molecule has 1 amide bonds. The van der Waals surface area contributed by atoms with E-state index in [1.165, 1.54) is 295 Å². The van der Waals surface area contributed by atoms with Gasteiger partial charge in [0.05, 0.1) is 25.4 Å². The smallest absolute Gasteiger partial charge is 0.305 e. The van der Waals surface area contributed by atoms with E-state index in [9.17, 15) is 19.8 Å². The molecule has 0 saturated carbocycles. The van der Waals surface area contributed by atoms with Crippen molar-refractivity contribution >= 4 is 11.9 Å². The first-order chi connectivity index (χ1) is 38.0. The Morgan fingerprint density at radius 1 is 0.364 bits per heavy atom. The summed E-state index contributed by atoms with van der Waals surface area (Å²) in [6.45, 7) is 4.94. The SMILES string of the molecule is CCCCC/C=C\C/C=C\CCCCCCCC(=O)OCCCCCCCCCCCCCC/C=C\CCCCCCCCCCCCCCCCCCC(=O)NC(CO)C(O)CCCCCCCCCCCCCCC. The third-order valence-electron chi connectivity index (χ3n) is 16.2. The van der Waals surface area contributed by atoms with Gasteiger partial charge < -0.3 is 20.3 Å². The molecule has 3 N–H and O–H groups in total. The van der Waals surface area contributed by atoms with Gasteiger partial charge in [0, 0.05) is 12.8 Å². The Kier molecular flexibility index (Phi) is 64.9. The van der Waals surface area contributed by atoms with Crippen LogP contribution in [-0.4, -0.2) is 47.4 Å². The number of esters is 1. The van der Waals surface area contributed by atoms with Crippen LogP contribution in [0.15, 0.2) is 36.5 Å². The molecule has 0 bridgehead atoms. The van der Waals surface area contributed by atoms with Gasteiger partial charge in [0.2, 0.25) is 5.91 Å². The molecule has 0 saturated heterocycles. The van der Waals surface area contributed by atoms with E-state index in [2.05, 4.69) is 55.6 Å². The fourth-order valence-electron chi connectivity index (χ4n) is 10.8. The molecule has 0 aromatic heterocycles. The van der Waals surface area contributed by atoms with Crippen molar-refractivity contribution in [2.75, 3.05) is 13.2 Å². The van der Waals surface area contributed by atoms with Crippen LogP contribution in [0.5, 0.6) is 0 Å². The van der Waals surface area contributed by atoms with Crippen LogP contribution in [0.4, 0.5) is 0 Å². The summed E-state index contributed by atoms with van der Waals surface area (Å²) < 4.78 is 5.49. The molecule has 2 atom stereocenters. The normalized spacial score (nSPS) is 12.7. The number of unbranched alkanes of at least 4 members (excludes halogenated alkanes) is 48. The fraction of sp³-hybridized carbons (Fsp3) is 0.887. The van der Waals surface area contributed by atoms with Gasteiger partial charge in [0.15, 0.2) is 0 Å². The molecule has 0 spiro atoms.